The summed E-state index contributed by atoms with van der Waals surface area (Å²) < 4.78 is 0.995. The molecule has 0 aliphatic heterocycles. The summed E-state index contributed by atoms with van der Waals surface area (Å²) in [6.45, 7) is 0. The third-order valence-electron chi connectivity index (χ3n) is 3.52. The molecule has 118 valence electrons. The Morgan fingerprint density at radius 3 is 2.25 bits per heavy atom. The van der Waals surface area contributed by atoms with E-state index in [1.807, 2.05) is 66.7 Å². The summed E-state index contributed by atoms with van der Waals surface area (Å²) in [6.07, 6.45) is 0. The molecule has 3 aromatic rings. The Morgan fingerprint density at radius 2 is 1.54 bits per heavy atom. The zero-order valence-electron chi connectivity index (χ0n) is 13.0. The maximum absolute atomic E-state index is 12.3. The molecule has 1 N–H and O–H groups in total. The second-order valence-electron chi connectivity index (χ2n) is 5.27. The topological polar surface area (TPSA) is 29.1 Å². The van der Waals surface area contributed by atoms with Gasteiger partial charge in [0.25, 0.3) is 0 Å². The predicted octanol–water partition coefficient (Wildman–Crippen LogP) is 4.03. The van der Waals surface area contributed by atoms with Crippen molar-refractivity contribution in [2.75, 3.05) is 5.32 Å². The van der Waals surface area contributed by atoms with Crippen LogP contribution in [0.3, 0.4) is 0 Å². The predicted molar refractivity (Wildman–Crippen MR) is 102 cm³/mol. The zero-order chi connectivity index (χ0) is 16.8. The molecule has 1 amide bonds. The van der Waals surface area contributed by atoms with Crippen LogP contribution in [0.4, 0.5) is 5.69 Å². The molecule has 3 aromatic carbocycles. The van der Waals surface area contributed by atoms with Crippen LogP contribution < -0.4 is 9.67 Å². The second-order valence-corrected chi connectivity index (χ2v) is 7.33. The average molecular weight is 393 g/mol. The van der Waals surface area contributed by atoms with Crippen LogP contribution in [-0.2, 0) is 5.75 Å². The van der Waals surface area contributed by atoms with Gasteiger partial charge in [-0.3, -0.25) is 0 Å². The van der Waals surface area contributed by atoms with Crippen molar-refractivity contribution in [3.63, 3.8) is 0 Å². The number of hydrogen-bond acceptors (Lipinski definition) is 2. The fraction of sp³-hybridized carbons (Fsp3) is 0.0500. The molecule has 0 spiro atoms. The molecule has 24 heavy (non-hydrogen) atoms. The van der Waals surface area contributed by atoms with E-state index in [0.29, 0.717) is 5.56 Å². The van der Waals surface area contributed by atoms with Crippen molar-refractivity contribution < 1.29 is 4.79 Å². The number of para-hydroxylation sites is 1. The van der Waals surface area contributed by atoms with E-state index in [-0.39, 0.29) is 5.91 Å². The van der Waals surface area contributed by atoms with Crippen molar-refractivity contribution in [1.82, 2.24) is 0 Å². The van der Waals surface area contributed by atoms with Crippen LogP contribution in [0.15, 0.2) is 83.8 Å². The number of benzene rings is 3. The van der Waals surface area contributed by atoms with E-state index in [0.717, 1.165) is 15.8 Å². The summed E-state index contributed by atoms with van der Waals surface area (Å²) in [5.41, 5.74) is 2.69. The summed E-state index contributed by atoms with van der Waals surface area (Å²) in [5.74, 6) is 0.803. The van der Waals surface area contributed by atoms with E-state index in [1.54, 1.807) is 11.8 Å². The Balaban J connectivity index is 1.61. The SMILES string of the molecule is O=C(Nc1ccccc1[As])c1ccc(CSc2ccccc2)cc1. The zero-order valence-corrected chi connectivity index (χ0v) is 15.7. The van der Waals surface area contributed by atoms with Gasteiger partial charge in [0.15, 0.2) is 0 Å². The van der Waals surface area contributed by atoms with Crippen molar-refractivity contribution >= 4 is 44.6 Å². The number of hydrogen-bond donors (Lipinski definition) is 1. The molecule has 2 nitrogen and oxygen atoms in total. The molecule has 0 atom stereocenters. The van der Waals surface area contributed by atoms with Crippen molar-refractivity contribution in [2.24, 2.45) is 0 Å². The van der Waals surface area contributed by atoms with Gasteiger partial charge < -0.3 is 0 Å². The monoisotopic (exact) mass is 393 g/mol. The summed E-state index contributed by atoms with van der Waals surface area (Å²) in [7, 11) is 0. The number of carbonyl (C=O) groups excluding carboxylic acids is 1. The van der Waals surface area contributed by atoms with Crippen LogP contribution >= 0.6 is 11.8 Å². The molecule has 0 fully saturated rings. The van der Waals surface area contributed by atoms with Crippen molar-refractivity contribution in [1.29, 1.82) is 0 Å². The van der Waals surface area contributed by atoms with Crippen molar-refractivity contribution in [3.05, 3.63) is 90.0 Å². The van der Waals surface area contributed by atoms with Gasteiger partial charge in [-0.2, -0.15) is 0 Å². The normalized spacial score (nSPS) is 10.4. The first-order chi connectivity index (χ1) is 11.7. The quantitative estimate of drug-likeness (QED) is 0.524. The van der Waals surface area contributed by atoms with Crippen LogP contribution in [0, 0.1) is 0 Å². The van der Waals surface area contributed by atoms with Gasteiger partial charge in [-0.05, 0) is 0 Å². The van der Waals surface area contributed by atoms with Gasteiger partial charge in [0, 0.05) is 0 Å². The molecule has 0 aliphatic rings. The van der Waals surface area contributed by atoms with E-state index in [9.17, 15) is 4.79 Å². The number of thioether (sulfide) groups is 1. The Morgan fingerprint density at radius 1 is 0.875 bits per heavy atom. The molecule has 0 aromatic heterocycles. The minimum atomic E-state index is -0.0873. The second kappa shape index (κ2) is 8.23. The number of amides is 1. The molecule has 2 radical (unpaired) electrons. The summed E-state index contributed by atoms with van der Waals surface area (Å²) >= 11 is 4.26. The van der Waals surface area contributed by atoms with E-state index in [4.69, 9.17) is 0 Å². The number of rotatable bonds is 5. The van der Waals surface area contributed by atoms with Crippen molar-refractivity contribution in [3.8, 4) is 0 Å². The molecule has 0 heterocycles. The van der Waals surface area contributed by atoms with Gasteiger partial charge in [-0.25, -0.2) is 0 Å². The van der Waals surface area contributed by atoms with Crippen LogP contribution in [0.25, 0.3) is 0 Å². The van der Waals surface area contributed by atoms with E-state index >= 15 is 0 Å². The van der Waals surface area contributed by atoms with Crippen LogP contribution in [0.2, 0.25) is 0 Å². The Bertz CT molecular complexity index is 819. The maximum atomic E-state index is 12.3. The van der Waals surface area contributed by atoms with E-state index in [2.05, 4.69) is 34.3 Å². The number of anilines is 1. The number of nitrogens with one attached hydrogen (secondary N) is 1. The third-order valence-corrected chi connectivity index (χ3v) is 5.42. The Kier molecular flexibility index (Phi) is 5.79. The Hall–Kier alpha value is -1.96. The van der Waals surface area contributed by atoms with Crippen molar-refractivity contribution in [2.45, 2.75) is 10.6 Å². The first kappa shape index (κ1) is 16.9. The van der Waals surface area contributed by atoms with E-state index < -0.39 is 0 Å². The first-order valence-corrected chi connectivity index (χ1v) is 9.51. The van der Waals surface area contributed by atoms with Gasteiger partial charge in [0.05, 0.1) is 0 Å². The van der Waals surface area contributed by atoms with Crippen LogP contribution in [0.1, 0.15) is 15.9 Å². The van der Waals surface area contributed by atoms with Gasteiger partial charge >= 0.3 is 137 Å². The fourth-order valence-electron chi connectivity index (χ4n) is 2.21. The molecule has 0 bridgehead atoms. The van der Waals surface area contributed by atoms with Crippen LogP contribution in [0.5, 0.6) is 0 Å². The van der Waals surface area contributed by atoms with Gasteiger partial charge in [0.1, 0.15) is 0 Å². The van der Waals surface area contributed by atoms with Gasteiger partial charge in [-0.15, -0.1) is 0 Å². The van der Waals surface area contributed by atoms with Gasteiger partial charge in [-0.1, -0.05) is 18.2 Å². The summed E-state index contributed by atoms with van der Waals surface area (Å²) in [4.78, 5) is 13.6. The van der Waals surface area contributed by atoms with E-state index in [1.165, 1.54) is 10.5 Å². The minimum absolute atomic E-state index is 0.0873. The molecule has 4 heteroatoms. The summed E-state index contributed by atoms with van der Waals surface area (Å²) in [6, 6.07) is 25.8. The molecule has 0 saturated carbocycles. The molecule has 0 saturated heterocycles. The Labute approximate surface area is 155 Å². The standard InChI is InChI=1S/C20H16AsNOS/c21-18-8-4-5-9-19(18)22-20(23)16-12-10-15(11-13-16)14-24-17-6-2-1-3-7-17/h1-13H,14H2,(H,22,23). The van der Waals surface area contributed by atoms with Crippen LogP contribution in [-0.4, -0.2) is 22.8 Å². The van der Waals surface area contributed by atoms with Gasteiger partial charge in [0.2, 0.25) is 0 Å². The molecule has 0 aliphatic carbocycles. The molecular weight excluding hydrogens is 377 g/mol. The number of carbonyl (C=O) groups is 1. The third kappa shape index (κ3) is 4.53. The average Bonchev–Trinajstić information content (AvgIpc) is 2.63. The summed E-state index contributed by atoms with van der Waals surface area (Å²) in [5, 5.41) is 2.94. The molecule has 3 rings (SSSR count). The first-order valence-electron chi connectivity index (χ1n) is 7.58. The fourth-order valence-corrected chi connectivity index (χ4v) is 3.54. The molecule has 0 unspecified atom stereocenters. The molecular formula is C20H16AsNOS.